The number of cyclic esters (lactones) is 1. The predicted octanol–water partition coefficient (Wildman–Crippen LogP) is 6.48. The summed E-state index contributed by atoms with van der Waals surface area (Å²) in [6.45, 7) is 4.58. The zero-order valence-corrected chi connectivity index (χ0v) is 23.8. The van der Waals surface area contributed by atoms with Crippen LogP contribution in [0.3, 0.4) is 0 Å². The van der Waals surface area contributed by atoms with Crippen molar-refractivity contribution < 1.29 is 33.5 Å². The lowest BCUT2D eigenvalue weighted by Gasteiger charge is -2.11. The van der Waals surface area contributed by atoms with E-state index in [0.717, 1.165) is 0 Å². The predicted molar refractivity (Wildman–Crippen MR) is 149 cm³/mol. The molecular weight excluding hydrogens is 640 g/mol. The zero-order valence-electron chi connectivity index (χ0n) is 20.6. The molecule has 0 saturated carbocycles. The summed E-state index contributed by atoms with van der Waals surface area (Å²) in [5.41, 5.74) is 0.796. The number of halogens is 2. The molecule has 200 valence electrons. The third kappa shape index (κ3) is 6.52. The number of esters is 2. The Bertz CT molecular complexity index is 1520. The largest absolute Gasteiger partial charge is 0.490 e. The number of nitro benzene ring substituents is 1. The molecule has 0 aliphatic carbocycles. The van der Waals surface area contributed by atoms with Crippen molar-refractivity contribution >= 4 is 61.5 Å². The van der Waals surface area contributed by atoms with Crippen LogP contribution in [-0.2, 0) is 9.53 Å². The Kier molecular flexibility index (Phi) is 8.77. The first kappa shape index (κ1) is 28.0. The third-order valence-electron chi connectivity index (χ3n) is 5.25. The molecule has 0 spiro atoms. The molecule has 0 amide bonds. The van der Waals surface area contributed by atoms with Gasteiger partial charge in [-0.15, -0.1) is 0 Å². The normalized spacial score (nSPS) is 13.6. The fraction of sp³-hybridized carbons (Fsp3) is 0.148. The van der Waals surface area contributed by atoms with Crippen LogP contribution in [0, 0.1) is 10.1 Å². The number of rotatable bonds is 9. The van der Waals surface area contributed by atoms with E-state index < -0.39 is 16.9 Å². The number of hydrogen-bond acceptors (Lipinski definition) is 9. The standard InChI is InChI=1S/C27H20Br2N2O8/c1-3-36-22-10-7-16(13-23(22)37-4-2)25-30-21(27(33)39-25)12-17-11-18(28)14-20(29)24(17)38-26(32)15-5-8-19(9-6-15)31(34)35/h5-14H,3-4H2,1-2H3/b21-12-. The van der Waals surface area contributed by atoms with Crippen molar-refractivity contribution in [3.05, 3.63) is 96.0 Å². The maximum Gasteiger partial charge on any atom is 0.363 e. The Morgan fingerprint density at radius 1 is 1.03 bits per heavy atom. The van der Waals surface area contributed by atoms with Crippen LogP contribution in [0.2, 0.25) is 0 Å². The maximum atomic E-state index is 12.8. The average molecular weight is 660 g/mol. The lowest BCUT2D eigenvalue weighted by atomic mass is 10.1. The highest BCUT2D eigenvalue weighted by Crippen LogP contribution is 2.36. The van der Waals surface area contributed by atoms with Crippen LogP contribution in [0.5, 0.6) is 17.2 Å². The lowest BCUT2D eigenvalue weighted by molar-refractivity contribution is -0.384. The fourth-order valence-corrected chi connectivity index (χ4v) is 4.87. The van der Waals surface area contributed by atoms with E-state index in [-0.39, 0.29) is 28.6 Å². The summed E-state index contributed by atoms with van der Waals surface area (Å²) in [6.07, 6.45) is 1.43. The van der Waals surface area contributed by atoms with Crippen molar-refractivity contribution in [3.8, 4) is 17.2 Å². The van der Waals surface area contributed by atoms with Gasteiger partial charge in [0.2, 0.25) is 5.90 Å². The smallest absolute Gasteiger partial charge is 0.363 e. The summed E-state index contributed by atoms with van der Waals surface area (Å²) >= 11 is 6.78. The molecule has 0 atom stereocenters. The van der Waals surface area contributed by atoms with Crippen molar-refractivity contribution in [2.45, 2.75) is 13.8 Å². The van der Waals surface area contributed by atoms with E-state index in [4.69, 9.17) is 18.9 Å². The second-order valence-electron chi connectivity index (χ2n) is 7.86. The second-order valence-corrected chi connectivity index (χ2v) is 9.63. The van der Waals surface area contributed by atoms with Gasteiger partial charge in [0.15, 0.2) is 22.9 Å². The Balaban J connectivity index is 1.66. The van der Waals surface area contributed by atoms with Crippen LogP contribution in [0.1, 0.15) is 35.3 Å². The number of aliphatic imine (C=N–C) groups is 1. The molecule has 0 aromatic heterocycles. The van der Waals surface area contributed by atoms with Crippen LogP contribution in [-0.4, -0.2) is 36.0 Å². The summed E-state index contributed by atoms with van der Waals surface area (Å²) in [5, 5.41) is 10.9. The van der Waals surface area contributed by atoms with E-state index in [9.17, 15) is 19.7 Å². The highest BCUT2D eigenvalue weighted by atomic mass is 79.9. The van der Waals surface area contributed by atoms with Gasteiger partial charge in [0.25, 0.3) is 5.69 Å². The summed E-state index contributed by atoms with van der Waals surface area (Å²) < 4.78 is 23.3. The third-order valence-corrected chi connectivity index (χ3v) is 6.30. The molecule has 12 heteroatoms. The van der Waals surface area contributed by atoms with Crippen LogP contribution in [0.25, 0.3) is 6.08 Å². The number of nitro groups is 1. The molecule has 4 rings (SSSR count). The monoisotopic (exact) mass is 658 g/mol. The van der Waals surface area contributed by atoms with E-state index in [1.54, 1.807) is 30.3 Å². The Labute approximate surface area is 239 Å². The number of non-ortho nitro benzene ring substituents is 1. The maximum absolute atomic E-state index is 12.8. The highest BCUT2D eigenvalue weighted by molar-refractivity contribution is 9.11. The van der Waals surface area contributed by atoms with Crippen molar-refractivity contribution in [2.24, 2.45) is 4.99 Å². The molecule has 0 N–H and O–H groups in total. The molecule has 0 unspecified atom stereocenters. The summed E-state index contributed by atoms with van der Waals surface area (Å²) in [5.74, 6) is -0.199. The van der Waals surface area contributed by atoms with E-state index >= 15 is 0 Å². The molecule has 0 fully saturated rings. The minimum Gasteiger partial charge on any atom is -0.490 e. The number of ether oxygens (including phenoxy) is 4. The van der Waals surface area contributed by atoms with Gasteiger partial charge in [-0.25, -0.2) is 14.6 Å². The van der Waals surface area contributed by atoms with E-state index in [2.05, 4.69) is 36.9 Å². The highest BCUT2D eigenvalue weighted by Gasteiger charge is 2.26. The van der Waals surface area contributed by atoms with Crippen LogP contribution < -0.4 is 14.2 Å². The molecule has 0 radical (unpaired) electrons. The molecule has 3 aromatic rings. The second kappa shape index (κ2) is 12.2. The molecule has 1 heterocycles. The molecule has 1 aliphatic rings. The molecule has 3 aromatic carbocycles. The van der Waals surface area contributed by atoms with Gasteiger partial charge in [-0.1, -0.05) is 15.9 Å². The SMILES string of the molecule is CCOc1ccc(C2=N/C(=C\c3cc(Br)cc(Br)c3OC(=O)c3ccc([N+](=O)[O-])cc3)C(=O)O2)cc1OCC. The summed E-state index contributed by atoms with van der Waals surface area (Å²) in [7, 11) is 0. The quantitative estimate of drug-likeness (QED) is 0.0840. The minimum absolute atomic E-state index is 0.0190. The van der Waals surface area contributed by atoms with E-state index in [1.165, 1.54) is 30.3 Å². The first-order valence-electron chi connectivity index (χ1n) is 11.6. The van der Waals surface area contributed by atoms with Gasteiger partial charge >= 0.3 is 11.9 Å². The van der Waals surface area contributed by atoms with Crippen molar-refractivity contribution in [3.63, 3.8) is 0 Å². The van der Waals surface area contributed by atoms with Crippen molar-refractivity contribution in [2.75, 3.05) is 13.2 Å². The van der Waals surface area contributed by atoms with Gasteiger partial charge in [0.05, 0.1) is 28.2 Å². The number of hydrogen-bond donors (Lipinski definition) is 0. The number of carbonyl (C=O) groups excluding carboxylic acids is 2. The van der Waals surface area contributed by atoms with E-state index in [1.807, 2.05) is 13.8 Å². The van der Waals surface area contributed by atoms with Crippen LogP contribution >= 0.6 is 31.9 Å². The minimum atomic E-state index is -0.747. The molecule has 10 nitrogen and oxygen atoms in total. The average Bonchev–Trinajstić information content (AvgIpc) is 3.27. The number of benzene rings is 3. The Hall–Kier alpha value is -4.03. The van der Waals surface area contributed by atoms with Gasteiger partial charge in [0.1, 0.15) is 0 Å². The van der Waals surface area contributed by atoms with Crippen molar-refractivity contribution in [1.82, 2.24) is 0 Å². The molecule has 0 bridgehead atoms. The van der Waals surface area contributed by atoms with Crippen LogP contribution in [0.4, 0.5) is 5.69 Å². The first-order chi connectivity index (χ1) is 18.7. The molecule has 1 aliphatic heterocycles. The number of carbonyl (C=O) groups is 2. The summed E-state index contributed by atoms with van der Waals surface area (Å²) in [6, 6.07) is 13.4. The van der Waals surface area contributed by atoms with Gasteiger partial charge in [0, 0.05) is 27.7 Å². The van der Waals surface area contributed by atoms with Crippen molar-refractivity contribution in [1.29, 1.82) is 0 Å². The summed E-state index contributed by atoms with van der Waals surface area (Å²) in [4.78, 5) is 40.2. The van der Waals surface area contributed by atoms with Gasteiger partial charge < -0.3 is 18.9 Å². The molecular formula is C27H20Br2N2O8. The van der Waals surface area contributed by atoms with Crippen LogP contribution in [0.15, 0.2) is 74.2 Å². The Morgan fingerprint density at radius 2 is 1.72 bits per heavy atom. The molecule has 39 heavy (non-hydrogen) atoms. The zero-order chi connectivity index (χ0) is 28.1. The first-order valence-corrected chi connectivity index (χ1v) is 13.2. The Morgan fingerprint density at radius 3 is 2.38 bits per heavy atom. The van der Waals surface area contributed by atoms with Gasteiger partial charge in [-0.3, -0.25) is 10.1 Å². The van der Waals surface area contributed by atoms with E-state index in [0.29, 0.717) is 44.8 Å². The molecule has 0 saturated heterocycles. The fourth-order valence-electron chi connectivity index (χ4n) is 3.53. The number of nitrogens with zero attached hydrogens (tertiary/aromatic N) is 2. The topological polar surface area (TPSA) is 127 Å². The lowest BCUT2D eigenvalue weighted by Crippen LogP contribution is -2.10. The van der Waals surface area contributed by atoms with Gasteiger partial charge in [-0.05, 0) is 78.3 Å². The van der Waals surface area contributed by atoms with Gasteiger partial charge in [-0.2, -0.15) is 0 Å².